The van der Waals surface area contributed by atoms with E-state index in [0.29, 0.717) is 6.42 Å². The van der Waals surface area contributed by atoms with Gasteiger partial charge in [-0.15, -0.1) is 0 Å². The minimum absolute atomic E-state index is 0.510. The third-order valence-electron chi connectivity index (χ3n) is 1.94. The van der Waals surface area contributed by atoms with Crippen LogP contribution in [0.4, 0.5) is 0 Å². The number of nitrogens with zero attached hydrogens (tertiary/aromatic N) is 1. The summed E-state index contributed by atoms with van der Waals surface area (Å²) in [4.78, 5) is 0. The van der Waals surface area contributed by atoms with Crippen molar-refractivity contribution in [3.63, 3.8) is 0 Å². The molecule has 1 aromatic carbocycles. The second-order valence-corrected chi connectivity index (χ2v) is 2.88. The van der Waals surface area contributed by atoms with Gasteiger partial charge in [-0.05, 0) is 24.1 Å². The Bertz CT molecular complexity index is 319. The summed E-state index contributed by atoms with van der Waals surface area (Å²) in [5.41, 5.74) is 1.06. The van der Waals surface area contributed by atoms with Crippen molar-refractivity contribution in [1.29, 1.82) is 5.26 Å². The van der Waals surface area contributed by atoms with Crippen LogP contribution in [0.3, 0.4) is 0 Å². The first kappa shape index (κ1) is 10.4. The van der Waals surface area contributed by atoms with Gasteiger partial charge in [-0.3, -0.25) is 0 Å². The molecule has 0 saturated carbocycles. The van der Waals surface area contributed by atoms with E-state index < -0.39 is 0 Å². The van der Waals surface area contributed by atoms with Crippen LogP contribution < -0.4 is 9.47 Å². The fourth-order valence-corrected chi connectivity index (χ4v) is 1.21. The fourth-order valence-electron chi connectivity index (χ4n) is 1.21. The van der Waals surface area contributed by atoms with Crippen molar-refractivity contribution in [3.05, 3.63) is 23.8 Å². The van der Waals surface area contributed by atoms with Gasteiger partial charge in [-0.25, -0.2) is 0 Å². The Hall–Kier alpha value is -1.69. The van der Waals surface area contributed by atoms with Crippen LogP contribution in [0.15, 0.2) is 18.2 Å². The third kappa shape index (κ3) is 2.67. The molecule has 0 radical (unpaired) electrons. The molecule has 0 N–H and O–H groups in total. The van der Waals surface area contributed by atoms with Crippen LogP contribution in [0.2, 0.25) is 0 Å². The van der Waals surface area contributed by atoms with Gasteiger partial charge in [0.2, 0.25) is 0 Å². The largest absolute Gasteiger partial charge is 0.497 e. The van der Waals surface area contributed by atoms with Gasteiger partial charge in [-0.2, -0.15) is 5.26 Å². The highest BCUT2D eigenvalue weighted by molar-refractivity contribution is 5.38. The molecule has 0 unspecified atom stereocenters. The lowest BCUT2D eigenvalue weighted by Gasteiger charge is -2.06. The van der Waals surface area contributed by atoms with Crippen molar-refractivity contribution in [2.24, 2.45) is 0 Å². The number of rotatable bonds is 4. The maximum absolute atomic E-state index is 8.47. The van der Waals surface area contributed by atoms with E-state index in [-0.39, 0.29) is 0 Å². The first-order chi connectivity index (χ1) is 6.80. The van der Waals surface area contributed by atoms with E-state index in [4.69, 9.17) is 14.7 Å². The topological polar surface area (TPSA) is 42.2 Å². The van der Waals surface area contributed by atoms with Gasteiger partial charge in [0.15, 0.2) is 0 Å². The predicted octanol–water partition coefficient (Wildman–Crippen LogP) is 2.16. The summed E-state index contributed by atoms with van der Waals surface area (Å²) in [7, 11) is 3.23. The summed E-state index contributed by atoms with van der Waals surface area (Å²) in [6.45, 7) is 0. The minimum atomic E-state index is 0.510. The molecular weight excluding hydrogens is 178 g/mol. The van der Waals surface area contributed by atoms with Crippen LogP contribution in [0.1, 0.15) is 12.0 Å². The van der Waals surface area contributed by atoms with Gasteiger partial charge in [0.25, 0.3) is 0 Å². The van der Waals surface area contributed by atoms with Crippen LogP contribution in [0.5, 0.6) is 11.5 Å². The Kier molecular flexibility index (Phi) is 3.81. The van der Waals surface area contributed by atoms with Gasteiger partial charge in [0, 0.05) is 12.5 Å². The molecule has 0 aliphatic heterocycles. The van der Waals surface area contributed by atoms with Crippen LogP contribution in [0.25, 0.3) is 0 Å². The molecular formula is C11H13NO2. The average Bonchev–Trinajstić information content (AvgIpc) is 2.25. The molecule has 0 aromatic heterocycles. The molecule has 0 bridgehead atoms. The molecule has 0 fully saturated rings. The second-order valence-electron chi connectivity index (χ2n) is 2.88. The molecule has 3 heteroatoms. The monoisotopic (exact) mass is 191 g/mol. The predicted molar refractivity (Wildman–Crippen MR) is 53.5 cm³/mol. The number of hydrogen-bond acceptors (Lipinski definition) is 3. The molecule has 0 heterocycles. The Morgan fingerprint density at radius 2 is 1.71 bits per heavy atom. The van der Waals surface area contributed by atoms with Crippen LogP contribution in [-0.4, -0.2) is 14.2 Å². The molecule has 0 aliphatic carbocycles. The Labute approximate surface area is 83.9 Å². The molecule has 0 saturated heterocycles. The van der Waals surface area contributed by atoms with E-state index in [1.54, 1.807) is 14.2 Å². The number of hydrogen-bond donors (Lipinski definition) is 0. The maximum atomic E-state index is 8.47. The molecule has 3 nitrogen and oxygen atoms in total. The van der Waals surface area contributed by atoms with Gasteiger partial charge in [0.05, 0.1) is 20.3 Å². The first-order valence-corrected chi connectivity index (χ1v) is 4.39. The van der Waals surface area contributed by atoms with E-state index >= 15 is 0 Å². The zero-order chi connectivity index (χ0) is 10.4. The molecule has 0 aliphatic rings. The summed E-state index contributed by atoms with van der Waals surface area (Å²) < 4.78 is 10.2. The molecule has 14 heavy (non-hydrogen) atoms. The number of benzene rings is 1. The van der Waals surface area contributed by atoms with Crippen LogP contribution in [-0.2, 0) is 6.42 Å². The smallest absolute Gasteiger partial charge is 0.122 e. The Morgan fingerprint density at radius 1 is 1.14 bits per heavy atom. The number of ether oxygens (including phenoxy) is 2. The number of methoxy groups -OCH3 is 2. The maximum Gasteiger partial charge on any atom is 0.122 e. The Balaban J connectivity index is 2.87. The minimum Gasteiger partial charge on any atom is -0.497 e. The zero-order valence-electron chi connectivity index (χ0n) is 8.41. The zero-order valence-corrected chi connectivity index (χ0v) is 8.41. The van der Waals surface area contributed by atoms with Crippen molar-refractivity contribution in [1.82, 2.24) is 0 Å². The molecule has 1 rings (SSSR count). The lowest BCUT2D eigenvalue weighted by Crippen LogP contribution is -1.91. The summed E-state index contributed by atoms with van der Waals surface area (Å²) in [6.07, 6.45) is 1.24. The summed E-state index contributed by atoms with van der Waals surface area (Å²) in [6, 6.07) is 7.76. The first-order valence-electron chi connectivity index (χ1n) is 4.39. The third-order valence-corrected chi connectivity index (χ3v) is 1.94. The number of aryl methyl sites for hydroxylation is 1. The van der Waals surface area contributed by atoms with Gasteiger partial charge in [-0.1, -0.05) is 0 Å². The van der Waals surface area contributed by atoms with Crippen molar-refractivity contribution < 1.29 is 9.47 Å². The highest BCUT2D eigenvalue weighted by Crippen LogP contribution is 2.23. The van der Waals surface area contributed by atoms with Crippen molar-refractivity contribution >= 4 is 0 Å². The molecule has 0 amide bonds. The SMILES string of the molecule is COc1cc(CCC#N)cc(OC)c1. The van der Waals surface area contributed by atoms with E-state index in [1.165, 1.54) is 0 Å². The van der Waals surface area contributed by atoms with Crippen molar-refractivity contribution in [3.8, 4) is 17.6 Å². The summed E-state index contributed by atoms with van der Waals surface area (Å²) >= 11 is 0. The van der Waals surface area contributed by atoms with Crippen LogP contribution >= 0.6 is 0 Å². The van der Waals surface area contributed by atoms with E-state index in [9.17, 15) is 0 Å². The quantitative estimate of drug-likeness (QED) is 0.732. The second kappa shape index (κ2) is 5.13. The van der Waals surface area contributed by atoms with E-state index in [1.807, 2.05) is 18.2 Å². The van der Waals surface area contributed by atoms with Gasteiger partial charge < -0.3 is 9.47 Å². The lowest BCUT2D eigenvalue weighted by molar-refractivity contribution is 0.393. The summed E-state index contributed by atoms with van der Waals surface area (Å²) in [5, 5.41) is 8.47. The average molecular weight is 191 g/mol. The highest BCUT2D eigenvalue weighted by atomic mass is 16.5. The molecule has 0 spiro atoms. The highest BCUT2D eigenvalue weighted by Gasteiger charge is 2.01. The van der Waals surface area contributed by atoms with Crippen molar-refractivity contribution in [2.45, 2.75) is 12.8 Å². The van der Waals surface area contributed by atoms with Crippen LogP contribution in [0, 0.1) is 11.3 Å². The van der Waals surface area contributed by atoms with E-state index in [2.05, 4.69) is 6.07 Å². The summed E-state index contributed by atoms with van der Waals surface area (Å²) in [5.74, 6) is 1.52. The molecule has 1 aromatic rings. The number of nitriles is 1. The van der Waals surface area contributed by atoms with Gasteiger partial charge in [0.1, 0.15) is 11.5 Å². The standard InChI is InChI=1S/C11H13NO2/c1-13-10-6-9(4-3-5-12)7-11(8-10)14-2/h6-8H,3-4H2,1-2H3. The normalized spacial score (nSPS) is 9.21. The molecule has 0 atom stereocenters. The molecule has 74 valence electrons. The van der Waals surface area contributed by atoms with Crippen molar-refractivity contribution in [2.75, 3.05) is 14.2 Å². The fraction of sp³-hybridized carbons (Fsp3) is 0.364. The Morgan fingerprint density at radius 3 is 2.14 bits per heavy atom. The van der Waals surface area contributed by atoms with E-state index in [0.717, 1.165) is 23.5 Å². The van der Waals surface area contributed by atoms with Gasteiger partial charge >= 0.3 is 0 Å². The lowest BCUT2D eigenvalue weighted by atomic mass is 10.1.